The second kappa shape index (κ2) is 5.78. The molecule has 0 aromatic heterocycles. The van der Waals surface area contributed by atoms with Gasteiger partial charge in [-0.2, -0.15) is 0 Å². The summed E-state index contributed by atoms with van der Waals surface area (Å²) in [6.45, 7) is 5.88. The van der Waals surface area contributed by atoms with Crippen LogP contribution in [0.25, 0.3) is 0 Å². The monoisotopic (exact) mass is 222 g/mol. The Morgan fingerprint density at radius 1 is 1.31 bits per heavy atom. The second-order valence-corrected chi connectivity index (χ2v) is 4.45. The van der Waals surface area contributed by atoms with Crippen LogP contribution in [0.2, 0.25) is 0 Å². The fraction of sp³-hybridized carbons (Fsp3) is 0.500. The first-order valence-corrected chi connectivity index (χ1v) is 5.82. The van der Waals surface area contributed by atoms with E-state index in [1.807, 2.05) is 26.8 Å². The van der Waals surface area contributed by atoms with E-state index in [0.29, 0.717) is 6.42 Å². The third kappa shape index (κ3) is 3.44. The number of hydrogen-bond acceptors (Lipinski definition) is 1. The zero-order valence-corrected chi connectivity index (χ0v) is 10.2. The first kappa shape index (κ1) is 12.9. The minimum absolute atomic E-state index is 0.0308. The van der Waals surface area contributed by atoms with E-state index in [0.717, 1.165) is 12.0 Å². The summed E-state index contributed by atoms with van der Waals surface area (Å²) in [5.74, 6) is 0.104. The molecular formula is C14H19FO. The van der Waals surface area contributed by atoms with E-state index >= 15 is 0 Å². The van der Waals surface area contributed by atoms with Gasteiger partial charge < -0.3 is 0 Å². The van der Waals surface area contributed by atoms with Gasteiger partial charge in [0.2, 0.25) is 0 Å². The van der Waals surface area contributed by atoms with Crippen LogP contribution in [0, 0.1) is 17.7 Å². The van der Waals surface area contributed by atoms with Crippen molar-refractivity contribution < 1.29 is 9.18 Å². The molecule has 0 aliphatic rings. The summed E-state index contributed by atoms with van der Waals surface area (Å²) < 4.78 is 13.0. The maximum Gasteiger partial charge on any atom is 0.138 e. The summed E-state index contributed by atoms with van der Waals surface area (Å²) in [5.41, 5.74) is 0.893. The second-order valence-electron chi connectivity index (χ2n) is 4.45. The molecule has 88 valence electrons. The van der Waals surface area contributed by atoms with Crippen molar-refractivity contribution >= 4 is 5.78 Å². The number of carbonyl (C=O) groups is 1. The van der Waals surface area contributed by atoms with Gasteiger partial charge in [0.1, 0.15) is 11.6 Å². The van der Waals surface area contributed by atoms with Crippen molar-refractivity contribution in [3.63, 3.8) is 0 Å². The highest BCUT2D eigenvalue weighted by molar-refractivity contribution is 5.83. The number of carbonyl (C=O) groups excluding carboxylic acids is 1. The Kier molecular flexibility index (Phi) is 4.66. The predicted octanol–water partition coefficient (Wildman–Crippen LogP) is 3.62. The van der Waals surface area contributed by atoms with Gasteiger partial charge in [-0.05, 0) is 30.5 Å². The Balaban J connectivity index is 2.64. The molecule has 2 unspecified atom stereocenters. The van der Waals surface area contributed by atoms with Crippen molar-refractivity contribution in [3.05, 3.63) is 35.6 Å². The maximum absolute atomic E-state index is 13.0. The van der Waals surface area contributed by atoms with Crippen LogP contribution in [0.5, 0.6) is 0 Å². The van der Waals surface area contributed by atoms with Crippen LogP contribution in [-0.2, 0) is 11.2 Å². The molecule has 0 saturated carbocycles. The van der Waals surface area contributed by atoms with Crippen molar-refractivity contribution in [2.45, 2.75) is 33.6 Å². The smallest absolute Gasteiger partial charge is 0.138 e. The summed E-state index contributed by atoms with van der Waals surface area (Å²) in [6.07, 6.45) is 1.49. The molecule has 1 aromatic rings. The molecule has 1 aromatic carbocycles. The van der Waals surface area contributed by atoms with Crippen molar-refractivity contribution in [3.8, 4) is 0 Å². The van der Waals surface area contributed by atoms with Crippen molar-refractivity contribution in [1.82, 2.24) is 0 Å². The summed E-state index contributed by atoms with van der Waals surface area (Å²) in [7, 11) is 0. The zero-order valence-electron chi connectivity index (χ0n) is 10.2. The van der Waals surface area contributed by atoms with Gasteiger partial charge in [-0.15, -0.1) is 0 Å². The number of Topliss-reactive ketones (excluding diaryl/α,β-unsaturated/α-hetero) is 1. The van der Waals surface area contributed by atoms with Crippen molar-refractivity contribution in [2.75, 3.05) is 0 Å². The highest BCUT2D eigenvalue weighted by Gasteiger charge is 2.18. The largest absolute Gasteiger partial charge is 0.299 e. The summed E-state index contributed by atoms with van der Waals surface area (Å²) in [6, 6.07) is 6.47. The summed E-state index contributed by atoms with van der Waals surface area (Å²) in [4.78, 5) is 11.9. The molecule has 0 fully saturated rings. The molecule has 0 radical (unpaired) electrons. The molecule has 0 heterocycles. The zero-order chi connectivity index (χ0) is 12.1. The van der Waals surface area contributed by atoms with E-state index in [9.17, 15) is 9.18 Å². The average molecular weight is 222 g/mol. The Morgan fingerprint density at radius 3 is 2.56 bits per heavy atom. The summed E-state index contributed by atoms with van der Waals surface area (Å²) in [5, 5.41) is 0. The standard InChI is InChI=1S/C14H19FO/c1-4-10(2)14(16)11(3)8-12-6-5-7-13(15)9-12/h5-7,9-11H,4,8H2,1-3H3. The predicted molar refractivity (Wildman–Crippen MR) is 63.7 cm³/mol. The molecule has 0 amide bonds. The Hall–Kier alpha value is -1.18. The molecule has 0 spiro atoms. The molecule has 0 N–H and O–H groups in total. The first-order chi connectivity index (χ1) is 7.54. The van der Waals surface area contributed by atoms with Gasteiger partial charge in [0.15, 0.2) is 0 Å². The number of benzene rings is 1. The number of halogens is 1. The minimum atomic E-state index is -0.235. The fourth-order valence-electron chi connectivity index (χ4n) is 1.80. The van der Waals surface area contributed by atoms with E-state index in [-0.39, 0.29) is 23.4 Å². The van der Waals surface area contributed by atoms with Gasteiger partial charge >= 0.3 is 0 Å². The quantitative estimate of drug-likeness (QED) is 0.743. The van der Waals surface area contributed by atoms with Gasteiger partial charge in [-0.1, -0.05) is 32.9 Å². The van der Waals surface area contributed by atoms with Crippen molar-refractivity contribution in [2.24, 2.45) is 11.8 Å². The van der Waals surface area contributed by atoms with Crippen LogP contribution in [0.3, 0.4) is 0 Å². The van der Waals surface area contributed by atoms with E-state index in [1.54, 1.807) is 6.07 Å². The van der Waals surface area contributed by atoms with Gasteiger partial charge in [-0.3, -0.25) is 4.79 Å². The van der Waals surface area contributed by atoms with E-state index < -0.39 is 0 Å². The highest BCUT2D eigenvalue weighted by Crippen LogP contribution is 2.16. The lowest BCUT2D eigenvalue weighted by atomic mass is 9.89. The van der Waals surface area contributed by atoms with Gasteiger partial charge in [0.05, 0.1) is 0 Å². The van der Waals surface area contributed by atoms with E-state index in [1.165, 1.54) is 12.1 Å². The molecule has 1 rings (SSSR count). The van der Waals surface area contributed by atoms with Gasteiger partial charge in [0.25, 0.3) is 0 Å². The molecule has 0 saturated heterocycles. The summed E-state index contributed by atoms with van der Waals surface area (Å²) >= 11 is 0. The number of ketones is 1. The fourth-order valence-corrected chi connectivity index (χ4v) is 1.80. The van der Waals surface area contributed by atoms with E-state index in [2.05, 4.69) is 0 Å². The van der Waals surface area contributed by atoms with Crippen LogP contribution in [-0.4, -0.2) is 5.78 Å². The lowest BCUT2D eigenvalue weighted by Crippen LogP contribution is -2.20. The van der Waals surface area contributed by atoms with Crippen LogP contribution in [0.4, 0.5) is 4.39 Å². The van der Waals surface area contributed by atoms with Crippen LogP contribution in [0.15, 0.2) is 24.3 Å². The Labute approximate surface area is 96.7 Å². The molecule has 16 heavy (non-hydrogen) atoms. The molecule has 2 heteroatoms. The Bertz CT molecular complexity index is 360. The maximum atomic E-state index is 13.0. The molecular weight excluding hydrogens is 203 g/mol. The van der Waals surface area contributed by atoms with Crippen LogP contribution >= 0.6 is 0 Å². The molecule has 0 aliphatic carbocycles. The van der Waals surface area contributed by atoms with E-state index in [4.69, 9.17) is 0 Å². The molecule has 1 nitrogen and oxygen atoms in total. The third-order valence-corrected chi connectivity index (χ3v) is 3.01. The molecule has 0 bridgehead atoms. The highest BCUT2D eigenvalue weighted by atomic mass is 19.1. The Morgan fingerprint density at radius 2 is 2.00 bits per heavy atom. The van der Waals surface area contributed by atoms with Crippen LogP contribution in [0.1, 0.15) is 32.8 Å². The minimum Gasteiger partial charge on any atom is -0.299 e. The number of rotatable bonds is 5. The SMILES string of the molecule is CCC(C)C(=O)C(C)Cc1cccc(F)c1. The van der Waals surface area contributed by atoms with Gasteiger partial charge in [0, 0.05) is 11.8 Å². The average Bonchev–Trinajstić information content (AvgIpc) is 2.27. The van der Waals surface area contributed by atoms with Gasteiger partial charge in [-0.25, -0.2) is 4.39 Å². The van der Waals surface area contributed by atoms with Crippen LogP contribution < -0.4 is 0 Å². The molecule has 2 atom stereocenters. The topological polar surface area (TPSA) is 17.1 Å². The normalized spacial score (nSPS) is 14.5. The lowest BCUT2D eigenvalue weighted by molar-refractivity contribution is -0.125. The lowest BCUT2D eigenvalue weighted by Gasteiger charge is -2.14. The third-order valence-electron chi connectivity index (χ3n) is 3.01. The number of hydrogen-bond donors (Lipinski definition) is 0. The van der Waals surface area contributed by atoms with Crippen molar-refractivity contribution in [1.29, 1.82) is 0 Å². The first-order valence-electron chi connectivity index (χ1n) is 5.82. The molecule has 0 aliphatic heterocycles.